The molecule has 0 atom stereocenters. The Morgan fingerprint density at radius 3 is 2.78 bits per heavy atom. The molecule has 2 heterocycles. The number of nitrogens with one attached hydrogen (secondary N) is 1. The molecule has 120 valence electrons. The minimum absolute atomic E-state index is 0.0707. The van der Waals surface area contributed by atoms with Gasteiger partial charge in [0, 0.05) is 25.9 Å². The standard InChI is InChI=1S/C15H16N4O4/c20-12-10-18(9-8-16-12)14(21)7-6-13-17-19(15(22)23-13)11-4-2-1-3-5-11/h1-5H,6-10H2,(H,16,20). The van der Waals surface area contributed by atoms with Gasteiger partial charge in [-0.15, -0.1) is 5.10 Å². The van der Waals surface area contributed by atoms with Gasteiger partial charge < -0.3 is 14.6 Å². The number of carbonyl (C=O) groups excluding carboxylic acids is 2. The van der Waals surface area contributed by atoms with Crippen LogP contribution in [-0.2, 0) is 16.0 Å². The van der Waals surface area contributed by atoms with Crippen LogP contribution in [0.1, 0.15) is 12.3 Å². The molecule has 0 unspecified atom stereocenters. The van der Waals surface area contributed by atoms with Crippen molar-refractivity contribution in [3.8, 4) is 5.69 Å². The fourth-order valence-electron chi connectivity index (χ4n) is 2.37. The Morgan fingerprint density at radius 1 is 1.26 bits per heavy atom. The molecule has 1 N–H and O–H groups in total. The molecule has 1 aliphatic heterocycles. The van der Waals surface area contributed by atoms with Crippen molar-refractivity contribution in [3.05, 3.63) is 46.8 Å². The zero-order valence-electron chi connectivity index (χ0n) is 12.4. The van der Waals surface area contributed by atoms with Crippen LogP contribution in [0.3, 0.4) is 0 Å². The van der Waals surface area contributed by atoms with Crippen molar-refractivity contribution in [2.75, 3.05) is 19.6 Å². The molecular weight excluding hydrogens is 300 g/mol. The van der Waals surface area contributed by atoms with Gasteiger partial charge in [0.05, 0.1) is 12.2 Å². The predicted molar refractivity (Wildman–Crippen MR) is 80.0 cm³/mol. The van der Waals surface area contributed by atoms with Crippen LogP contribution in [0.5, 0.6) is 0 Å². The Balaban J connectivity index is 1.64. The number of nitrogens with zero attached hydrogens (tertiary/aromatic N) is 3. The molecule has 0 aliphatic carbocycles. The first-order chi connectivity index (χ1) is 11.1. The van der Waals surface area contributed by atoms with Crippen LogP contribution in [0.15, 0.2) is 39.5 Å². The number of para-hydroxylation sites is 1. The number of aromatic nitrogens is 2. The quantitative estimate of drug-likeness (QED) is 0.836. The van der Waals surface area contributed by atoms with Crippen molar-refractivity contribution >= 4 is 11.8 Å². The van der Waals surface area contributed by atoms with E-state index in [1.807, 2.05) is 6.07 Å². The van der Waals surface area contributed by atoms with Gasteiger partial charge in [0.15, 0.2) is 0 Å². The van der Waals surface area contributed by atoms with Gasteiger partial charge in [-0.3, -0.25) is 9.59 Å². The van der Waals surface area contributed by atoms with Crippen molar-refractivity contribution in [1.82, 2.24) is 20.0 Å². The van der Waals surface area contributed by atoms with Gasteiger partial charge in [-0.25, -0.2) is 4.79 Å². The molecule has 1 aromatic carbocycles. The number of benzene rings is 1. The second-order valence-corrected chi connectivity index (χ2v) is 5.17. The molecule has 1 aliphatic rings. The minimum atomic E-state index is -0.587. The number of carbonyl (C=O) groups is 2. The third-order valence-electron chi connectivity index (χ3n) is 3.53. The summed E-state index contributed by atoms with van der Waals surface area (Å²) >= 11 is 0. The highest BCUT2D eigenvalue weighted by atomic mass is 16.4. The van der Waals surface area contributed by atoms with Crippen molar-refractivity contribution in [2.45, 2.75) is 12.8 Å². The van der Waals surface area contributed by atoms with E-state index in [4.69, 9.17) is 4.42 Å². The molecular formula is C15H16N4O4. The van der Waals surface area contributed by atoms with Gasteiger partial charge in [0.2, 0.25) is 17.7 Å². The van der Waals surface area contributed by atoms with E-state index in [1.165, 1.54) is 4.90 Å². The van der Waals surface area contributed by atoms with E-state index in [0.29, 0.717) is 18.8 Å². The monoisotopic (exact) mass is 316 g/mol. The highest BCUT2D eigenvalue weighted by Gasteiger charge is 2.21. The average Bonchev–Trinajstić information content (AvgIpc) is 2.94. The molecule has 23 heavy (non-hydrogen) atoms. The summed E-state index contributed by atoms with van der Waals surface area (Å²) in [6, 6.07) is 8.90. The lowest BCUT2D eigenvalue weighted by molar-refractivity contribution is -0.138. The third kappa shape index (κ3) is 3.47. The lowest BCUT2D eigenvalue weighted by Crippen LogP contribution is -2.50. The Kier molecular flexibility index (Phi) is 4.22. The fourth-order valence-corrected chi connectivity index (χ4v) is 2.37. The second-order valence-electron chi connectivity index (χ2n) is 5.17. The lowest BCUT2D eigenvalue weighted by Gasteiger charge is -2.26. The predicted octanol–water partition coefficient (Wildman–Crippen LogP) is -0.284. The first kappa shape index (κ1) is 15.0. The number of hydrogen-bond acceptors (Lipinski definition) is 5. The Morgan fingerprint density at radius 2 is 2.04 bits per heavy atom. The maximum Gasteiger partial charge on any atom is 0.441 e. The molecule has 2 amide bonds. The van der Waals surface area contributed by atoms with Crippen molar-refractivity contribution < 1.29 is 14.0 Å². The molecule has 3 rings (SSSR count). The fraction of sp³-hybridized carbons (Fsp3) is 0.333. The SMILES string of the molecule is O=C1CN(C(=O)CCc2nn(-c3ccccc3)c(=O)o2)CCN1. The molecule has 0 radical (unpaired) electrons. The number of rotatable bonds is 4. The summed E-state index contributed by atoms with van der Waals surface area (Å²) in [4.78, 5) is 36.7. The molecule has 0 saturated carbocycles. The van der Waals surface area contributed by atoms with Gasteiger partial charge in [-0.2, -0.15) is 4.68 Å². The Labute approximate surface area is 131 Å². The van der Waals surface area contributed by atoms with Gasteiger partial charge >= 0.3 is 5.76 Å². The van der Waals surface area contributed by atoms with Crippen LogP contribution >= 0.6 is 0 Å². The first-order valence-corrected chi connectivity index (χ1v) is 7.32. The maximum atomic E-state index is 12.1. The lowest BCUT2D eigenvalue weighted by atomic mass is 10.2. The van der Waals surface area contributed by atoms with Crippen molar-refractivity contribution in [1.29, 1.82) is 0 Å². The number of amides is 2. The van der Waals surface area contributed by atoms with Gasteiger partial charge in [0.25, 0.3) is 0 Å². The number of hydrogen-bond donors (Lipinski definition) is 1. The molecule has 0 bridgehead atoms. The molecule has 1 saturated heterocycles. The summed E-state index contributed by atoms with van der Waals surface area (Å²) in [7, 11) is 0. The summed E-state index contributed by atoms with van der Waals surface area (Å²) in [5, 5.41) is 6.76. The topological polar surface area (TPSA) is 97.4 Å². The largest absolute Gasteiger partial charge is 0.441 e. The van der Waals surface area contributed by atoms with Gasteiger partial charge in [-0.05, 0) is 12.1 Å². The second kappa shape index (κ2) is 6.47. The van der Waals surface area contributed by atoms with E-state index in [0.717, 1.165) is 4.68 Å². The summed E-state index contributed by atoms with van der Waals surface area (Å²) in [5.41, 5.74) is 0.603. The van der Waals surface area contributed by atoms with Gasteiger partial charge in [0.1, 0.15) is 0 Å². The first-order valence-electron chi connectivity index (χ1n) is 7.32. The summed E-state index contributed by atoms with van der Waals surface area (Å²) in [6.07, 6.45) is 0.355. The molecule has 1 aromatic heterocycles. The average molecular weight is 316 g/mol. The summed E-state index contributed by atoms with van der Waals surface area (Å²) < 4.78 is 6.24. The Hall–Kier alpha value is -2.90. The molecule has 8 heteroatoms. The summed E-state index contributed by atoms with van der Waals surface area (Å²) in [5.74, 6) is -0.703. The Bertz CT molecular complexity index is 765. The molecule has 1 fully saturated rings. The zero-order valence-corrected chi connectivity index (χ0v) is 12.4. The number of aryl methyl sites for hydroxylation is 1. The van der Waals surface area contributed by atoms with E-state index >= 15 is 0 Å². The van der Waals surface area contributed by atoms with Crippen molar-refractivity contribution in [2.24, 2.45) is 0 Å². The molecule has 2 aromatic rings. The van der Waals surface area contributed by atoms with E-state index in [-0.39, 0.29) is 37.1 Å². The number of piperazine rings is 1. The van der Waals surface area contributed by atoms with Gasteiger partial charge in [-0.1, -0.05) is 18.2 Å². The van der Waals surface area contributed by atoms with Crippen molar-refractivity contribution in [3.63, 3.8) is 0 Å². The highest BCUT2D eigenvalue weighted by Crippen LogP contribution is 2.06. The van der Waals surface area contributed by atoms with E-state index < -0.39 is 5.76 Å². The van der Waals surface area contributed by atoms with Crippen LogP contribution in [-0.4, -0.2) is 46.1 Å². The highest BCUT2D eigenvalue weighted by molar-refractivity contribution is 5.85. The van der Waals surface area contributed by atoms with Crippen LogP contribution in [0.25, 0.3) is 5.69 Å². The van der Waals surface area contributed by atoms with Crippen LogP contribution in [0.4, 0.5) is 0 Å². The zero-order chi connectivity index (χ0) is 16.2. The molecule has 0 spiro atoms. The smallest absolute Gasteiger partial charge is 0.392 e. The van der Waals surface area contributed by atoms with Crippen LogP contribution < -0.4 is 11.1 Å². The third-order valence-corrected chi connectivity index (χ3v) is 3.53. The normalized spacial score (nSPS) is 14.6. The van der Waals surface area contributed by atoms with E-state index in [9.17, 15) is 14.4 Å². The summed E-state index contributed by atoms with van der Waals surface area (Å²) in [6.45, 7) is 1.02. The van der Waals surface area contributed by atoms with Crippen LogP contribution in [0.2, 0.25) is 0 Å². The minimum Gasteiger partial charge on any atom is -0.392 e. The van der Waals surface area contributed by atoms with E-state index in [1.54, 1.807) is 24.3 Å². The van der Waals surface area contributed by atoms with E-state index in [2.05, 4.69) is 10.4 Å². The maximum absolute atomic E-state index is 12.1. The molecule has 8 nitrogen and oxygen atoms in total. The van der Waals surface area contributed by atoms with Crippen LogP contribution in [0, 0.1) is 0 Å².